The molecule has 20 heavy (non-hydrogen) atoms. The molecule has 0 aliphatic carbocycles. The molecule has 0 radical (unpaired) electrons. The number of rotatable bonds is 12. The molecular weight excluding hydrogens is 394 g/mol. The fourth-order valence-electron chi connectivity index (χ4n) is 1.46. The molecule has 3 nitrogen and oxygen atoms in total. The van der Waals surface area contributed by atoms with E-state index in [0.29, 0.717) is 41.7 Å². The Hall–Kier alpha value is 0.890. The molecule has 0 atom stereocenters. The summed E-state index contributed by atoms with van der Waals surface area (Å²) in [5.74, 6) is 0.556. The van der Waals surface area contributed by atoms with E-state index >= 15 is 0 Å². The van der Waals surface area contributed by atoms with E-state index in [2.05, 4.69) is 41.5 Å². The van der Waals surface area contributed by atoms with Gasteiger partial charge in [-0.3, -0.25) is 0 Å². The van der Waals surface area contributed by atoms with Crippen molar-refractivity contribution < 1.29 is 16.4 Å². The molecule has 0 aliphatic rings. The van der Waals surface area contributed by atoms with Crippen LogP contribution in [0.4, 0.5) is 3.89 Å². The minimum atomic E-state index is -0.981. The maximum atomic E-state index is 12.0. The summed E-state index contributed by atoms with van der Waals surface area (Å²) in [5.41, 5.74) is -0.0653. The zero-order valence-electron chi connectivity index (χ0n) is 13.5. The van der Waals surface area contributed by atoms with Gasteiger partial charge < -0.3 is 0 Å². The van der Waals surface area contributed by atoms with Crippen molar-refractivity contribution in [2.75, 3.05) is 33.0 Å². The van der Waals surface area contributed by atoms with E-state index in [4.69, 9.17) is 12.5 Å². The molecule has 0 unspecified atom stereocenters. The molecule has 0 amide bonds. The summed E-state index contributed by atoms with van der Waals surface area (Å²) in [6.07, 6.45) is 0. The summed E-state index contributed by atoms with van der Waals surface area (Å²) < 4.78 is 28.8. The second-order valence-electron chi connectivity index (χ2n) is 7.12. The van der Waals surface area contributed by atoms with Crippen molar-refractivity contribution in [3.63, 3.8) is 0 Å². The Morgan fingerprint density at radius 3 is 1.95 bits per heavy atom. The fraction of sp³-hybridized carbons (Fsp3) is 1.00. The van der Waals surface area contributed by atoms with Gasteiger partial charge in [-0.2, -0.15) is 0 Å². The summed E-state index contributed by atoms with van der Waals surface area (Å²) in [5, 5.41) is 0. The van der Waals surface area contributed by atoms with Crippen molar-refractivity contribution in [3.8, 4) is 0 Å². The average molecular weight is 424 g/mol. The second kappa shape index (κ2) is 10.6. The minimum absolute atomic E-state index is 0.00874. The van der Waals surface area contributed by atoms with E-state index < -0.39 is 20.2 Å². The van der Waals surface area contributed by atoms with Crippen LogP contribution in [0, 0.1) is 16.7 Å². The van der Waals surface area contributed by atoms with Crippen LogP contribution in [-0.2, 0) is 12.5 Å². The van der Waals surface area contributed by atoms with Gasteiger partial charge in [-0.15, -0.1) is 0 Å². The van der Waals surface area contributed by atoms with E-state index in [1.54, 1.807) is 0 Å². The van der Waals surface area contributed by atoms with Crippen molar-refractivity contribution in [3.05, 3.63) is 0 Å². The zero-order valence-corrected chi connectivity index (χ0v) is 16.7. The SMILES string of the molecule is CC(C)COCC(C)(C)COCC(C)(C)CO[IH]SF. The molecule has 0 saturated carbocycles. The molecule has 124 valence electrons. The van der Waals surface area contributed by atoms with Crippen molar-refractivity contribution in [2.24, 2.45) is 16.7 Å². The quantitative estimate of drug-likeness (QED) is 0.329. The molecule has 0 heterocycles. The first kappa shape index (κ1) is 20.9. The van der Waals surface area contributed by atoms with Gasteiger partial charge >= 0.3 is 137 Å². The molecule has 6 heteroatoms. The first-order valence-corrected chi connectivity index (χ1v) is 11.4. The third-order valence-corrected chi connectivity index (χ3v) is 4.20. The molecule has 0 aromatic rings. The van der Waals surface area contributed by atoms with Crippen LogP contribution in [0.15, 0.2) is 0 Å². The van der Waals surface area contributed by atoms with Gasteiger partial charge in [-0.25, -0.2) is 0 Å². The van der Waals surface area contributed by atoms with Crippen LogP contribution in [0.3, 0.4) is 0 Å². The summed E-state index contributed by atoms with van der Waals surface area (Å²) >= 11 is -0.981. The van der Waals surface area contributed by atoms with E-state index in [1.165, 1.54) is 0 Å². The molecule has 0 saturated heterocycles. The standard InChI is InChI=1S/C14H30FIO3S/c1-12(2)7-17-8-13(3,4)9-18-10-14(5,6)11-19-16-20-15/h12,16H,7-11H2,1-6H3. The molecule has 0 spiro atoms. The van der Waals surface area contributed by atoms with Gasteiger partial charge in [-0.1, -0.05) is 0 Å². The first-order chi connectivity index (χ1) is 9.18. The summed E-state index contributed by atoms with van der Waals surface area (Å²) in [4.78, 5) is 0. The van der Waals surface area contributed by atoms with Crippen molar-refractivity contribution in [1.82, 2.24) is 0 Å². The first-order valence-electron chi connectivity index (χ1n) is 6.91. The maximum absolute atomic E-state index is 12.0. The molecule has 0 N–H and O–H groups in total. The second-order valence-corrected chi connectivity index (χ2v) is 10.3. The van der Waals surface area contributed by atoms with E-state index in [1.807, 2.05) is 0 Å². The Labute approximate surface area is 137 Å². The Morgan fingerprint density at radius 2 is 1.45 bits per heavy atom. The number of ether oxygens (including phenoxy) is 2. The molecule has 0 aromatic carbocycles. The van der Waals surface area contributed by atoms with E-state index in [9.17, 15) is 3.89 Å². The molecule has 0 aromatic heterocycles. The average Bonchev–Trinajstić information content (AvgIpc) is 2.27. The third kappa shape index (κ3) is 12.6. The van der Waals surface area contributed by atoms with Gasteiger partial charge in [0, 0.05) is 0 Å². The van der Waals surface area contributed by atoms with Crippen LogP contribution >= 0.6 is 29.6 Å². The fourth-order valence-corrected chi connectivity index (χ4v) is 3.18. The van der Waals surface area contributed by atoms with Crippen LogP contribution in [0.2, 0.25) is 0 Å². The van der Waals surface area contributed by atoms with Crippen LogP contribution in [0.1, 0.15) is 41.5 Å². The van der Waals surface area contributed by atoms with Gasteiger partial charge in [0.05, 0.1) is 0 Å². The molecule has 0 aliphatic heterocycles. The Balaban J connectivity index is 3.83. The normalized spacial score (nSPS) is 13.4. The molecule has 0 fully saturated rings. The van der Waals surface area contributed by atoms with Crippen molar-refractivity contribution in [1.29, 1.82) is 0 Å². The number of hydrogen-bond acceptors (Lipinski definition) is 4. The zero-order chi connectivity index (χ0) is 15.6. The predicted octanol–water partition coefficient (Wildman–Crippen LogP) is 4.90. The Kier molecular flexibility index (Phi) is 11.1. The van der Waals surface area contributed by atoms with Gasteiger partial charge in [0.2, 0.25) is 0 Å². The van der Waals surface area contributed by atoms with Gasteiger partial charge in [0.1, 0.15) is 0 Å². The molecule has 0 rings (SSSR count). The van der Waals surface area contributed by atoms with Crippen LogP contribution in [-0.4, -0.2) is 33.0 Å². The monoisotopic (exact) mass is 424 g/mol. The predicted molar refractivity (Wildman–Crippen MR) is 94.1 cm³/mol. The Bertz CT molecular complexity index is 251. The summed E-state index contributed by atoms with van der Waals surface area (Å²) in [6, 6.07) is 0. The van der Waals surface area contributed by atoms with E-state index in [-0.39, 0.29) is 10.8 Å². The van der Waals surface area contributed by atoms with Crippen LogP contribution in [0.5, 0.6) is 0 Å². The summed E-state index contributed by atoms with van der Waals surface area (Å²) in [6.45, 7) is 16.0. The third-order valence-electron chi connectivity index (χ3n) is 2.45. The van der Waals surface area contributed by atoms with Crippen LogP contribution in [0.25, 0.3) is 0 Å². The van der Waals surface area contributed by atoms with Gasteiger partial charge in [-0.05, 0) is 0 Å². The molecular formula is C14H30FIO3S. The summed E-state index contributed by atoms with van der Waals surface area (Å²) in [7, 11) is 0.332. The van der Waals surface area contributed by atoms with Crippen molar-refractivity contribution in [2.45, 2.75) is 41.5 Å². The molecule has 0 bridgehead atoms. The Morgan fingerprint density at radius 1 is 0.950 bits per heavy atom. The number of halogens is 2. The topological polar surface area (TPSA) is 27.7 Å². The van der Waals surface area contributed by atoms with Crippen LogP contribution < -0.4 is 0 Å². The number of hydrogen-bond donors (Lipinski definition) is 0. The van der Waals surface area contributed by atoms with Gasteiger partial charge in [0.15, 0.2) is 0 Å². The van der Waals surface area contributed by atoms with E-state index in [0.717, 1.165) is 6.61 Å². The van der Waals surface area contributed by atoms with Gasteiger partial charge in [0.25, 0.3) is 0 Å². The van der Waals surface area contributed by atoms with Crippen molar-refractivity contribution >= 4 is 29.6 Å².